The molecule has 2 aromatic carbocycles. The van der Waals surface area contributed by atoms with Crippen LogP contribution >= 0.6 is 11.6 Å². The average molecular weight is 373 g/mol. The molecule has 2 aliphatic rings. The minimum atomic E-state index is -0.639. The van der Waals surface area contributed by atoms with Crippen LogP contribution in [0.4, 0.5) is 0 Å². The molecule has 3 N–H and O–H groups in total. The summed E-state index contributed by atoms with van der Waals surface area (Å²) in [6.45, 7) is 1.73. The van der Waals surface area contributed by atoms with Crippen molar-refractivity contribution >= 4 is 11.6 Å². The van der Waals surface area contributed by atoms with Gasteiger partial charge in [-0.2, -0.15) is 0 Å². The summed E-state index contributed by atoms with van der Waals surface area (Å²) < 4.78 is 6.07. The van der Waals surface area contributed by atoms with Crippen molar-refractivity contribution in [2.24, 2.45) is 5.73 Å². The fraction of sp³-hybridized carbons (Fsp3) is 0.429. The van der Waals surface area contributed by atoms with Gasteiger partial charge < -0.3 is 15.6 Å². The SMILES string of the molecule is N[C@@H]1CC[C@@H](Oc2ccccc2Cl)[C@H](O)[C@H]1N1CCc2ccccc2C1. The van der Waals surface area contributed by atoms with Gasteiger partial charge in [0.1, 0.15) is 18.0 Å². The van der Waals surface area contributed by atoms with E-state index in [1.54, 1.807) is 6.07 Å². The van der Waals surface area contributed by atoms with Crippen molar-refractivity contribution in [3.8, 4) is 5.75 Å². The van der Waals surface area contributed by atoms with Crippen molar-refractivity contribution < 1.29 is 9.84 Å². The van der Waals surface area contributed by atoms with Crippen molar-refractivity contribution in [3.63, 3.8) is 0 Å². The Balaban J connectivity index is 1.51. The highest BCUT2D eigenvalue weighted by atomic mass is 35.5. The molecule has 0 saturated heterocycles. The zero-order valence-electron chi connectivity index (χ0n) is 14.7. The molecule has 4 atom stereocenters. The van der Waals surface area contributed by atoms with E-state index in [9.17, 15) is 5.11 Å². The lowest BCUT2D eigenvalue weighted by atomic mass is 9.83. The molecule has 2 aromatic rings. The molecule has 1 fully saturated rings. The van der Waals surface area contributed by atoms with Crippen LogP contribution in [0.1, 0.15) is 24.0 Å². The van der Waals surface area contributed by atoms with E-state index >= 15 is 0 Å². The molecule has 0 unspecified atom stereocenters. The highest BCUT2D eigenvalue weighted by Crippen LogP contribution is 2.32. The van der Waals surface area contributed by atoms with Gasteiger partial charge in [0.05, 0.1) is 11.1 Å². The van der Waals surface area contributed by atoms with Gasteiger partial charge in [-0.3, -0.25) is 4.90 Å². The van der Waals surface area contributed by atoms with E-state index in [4.69, 9.17) is 22.1 Å². The first-order valence-electron chi connectivity index (χ1n) is 9.29. The molecule has 4 rings (SSSR count). The minimum Gasteiger partial charge on any atom is -0.486 e. The van der Waals surface area contributed by atoms with Crippen molar-refractivity contribution in [1.82, 2.24) is 4.90 Å². The summed E-state index contributed by atoms with van der Waals surface area (Å²) in [6.07, 6.45) is 1.61. The fourth-order valence-corrected chi connectivity index (χ4v) is 4.44. The van der Waals surface area contributed by atoms with Crippen LogP contribution in [0, 0.1) is 0 Å². The number of aliphatic hydroxyl groups excluding tert-OH is 1. The quantitative estimate of drug-likeness (QED) is 0.869. The average Bonchev–Trinajstić information content (AvgIpc) is 2.66. The molecule has 4 nitrogen and oxygen atoms in total. The number of benzene rings is 2. The molecule has 0 amide bonds. The number of fused-ring (bicyclic) bond motifs is 1. The number of hydrogen-bond donors (Lipinski definition) is 2. The van der Waals surface area contributed by atoms with Crippen molar-refractivity contribution in [2.45, 2.75) is 50.1 Å². The Labute approximate surface area is 159 Å². The summed E-state index contributed by atoms with van der Waals surface area (Å²) in [5.41, 5.74) is 9.14. The van der Waals surface area contributed by atoms with Gasteiger partial charge in [-0.1, -0.05) is 48.0 Å². The normalized spacial score (nSPS) is 29.2. The molecule has 0 aromatic heterocycles. The van der Waals surface area contributed by atoms with Gasteiger partial charge >= 0.3 is 0 Å². The van der Waals surface area contributed by atoms with Crippen LogP contribution in [0.15, 0.2) is 48.5 Å². The lowest BCUT2D eigenvalue weighted by molar-refractivity contribution is -0.0648. The van der Waals surface area contributed by atoms with Crippen LogP contribution in [0.2, 0.25) is 5.02 Å². The number of nitrogens with two attached hydrogens (primary N) is 1. The lowest BCUT2D eigenvalue weighted by Crippen LogP contribution is -2.62. The second-order valence-corrected chi connectivity index (χ2v) is 7.71. The van der Waals surface area contributed by atoms with Gasteiger partial charge in [0.15, 0.2) is 0 Å². The van der Waals surface area contributed by atoms with Crippen LogP contribution in [0.25, 0.3) is 0 Å². The maximum absolute atomic E-state index is 11.1. The van der Waals surface area contributed by atoms with Gasteiger partial charge in [0.2, 0.25) is 0 Å². The van der Waals surface area contributed by atoms with Gasteiger partial charge in [-0.15, -0.1) is 0 Å². The first kappa shape index (κ1) is 17.8. The third kappa shape index (κ3) is 3.47. The molecule has 138 valence electrons. The Morgan fingerprint density at radius 3 is 2.58 bits per heavy atom. The zero-order valence-corrected chi connectivity index (χ0v) is 15.5. The molecule has 1 heterocycles. The summed E-state index contributed by atoms with van der Waals surface area (Å²) in [5.74, 6) is 0.622. The topological polar surface area (TPSA) is 58.7 Å². The van der Waals surface area contributed by atoms with Crippen molar-refractivity contribution in [3.05, 3.63) is 64.7 Å². The van der Waals surface area contributed by atoms with E-state index in [2.05, 4.69) is 29.2 Å². The molecular weight excluding hydrogens is 348 g/mol. The Bertz CT molecular complexity index is 769. The molecule has 26 heavy (non-hydrogen) atoms. The molecule has 1 aliphatic heterocycles. The zero-order chi connectivity index (χ0) is 18.1. The highest BCUT2D eigenvalue weighted by molar-refractivity contribution is 6.32. The van der Waals surface area contributed by atoms with Gasteiger partial charge in [-0.05, 0) is 42.5 Å². The number of ether oxygens (including phenoxy) is 1. The second-order valence-electron chi connectivity index (χ2n) is 7.30. The van der Waals surface area contributed by atoms with E-state index in [1.165, 1.54) is 11.1 Å². The van der Waals surface area contributed by atoms with Crippen LogP contribution in [0.5, 0.6) is 5.75 Å². The monoisotopic (exact) mass is 372 g/mol. The van der Waals surface area contributed by atoms with Gasteiger partial charge in [-0.25, -0.2) is 0 Å². The predicted octanol–water partition coefficient (Wildman–Crippen LogP) is 3.00. The Hall–Kier alpha value is -1.59. The van der Waals surface area contributed by atoms with E-state index in [0.29, 0.717) is 10.8 Å². The van der Waals surface area contributed by atoms with Crippen LogP contribution in [0.3, 0.4) is 0 Å². The van der Waals surface area contributed by atoms with Gasteiger partial charge in [0, 0.05) is 19.1 Å². The number of nitrogens with zero attached hydrogens (tertiary/aromatic N) is 1. The molecule has 5 heteroatoms. The molecule has 1 aliphatic carbocycles. The summed E-state index contributed by atoms with van der Waals surface area (Å²) in [5, 5.41) is 11.6. The predicted molar refractivity (Wildman–Crippen MR) is 103 cm³/mol. The maximum atomic E-state index is 11.1. The molecule has 1 saturated carbocycles. The van der Waals surface area contributed by atoms with Crippen LogP contribution < -0.4 is 10.5 Å². The molecule has 0 radical (unpaired) electrons. The number of halogens is 1. The molecule has 0 spiro atoms. The van der Waals surface area contributed by atoms with Crippen molar-refractivity contribution in [1.29, 1.82) is 0 Å². The van der Waals surface area contributed by atoms with E-state index in [0.717, 1.165) is 32.4 Å². The summed E-state index contributed by atoms with van der Waals surface area (Å²) in [4.78, 5) is 2.32. The van der Waals surface area contributed by atoms with Crippen LogP contribution in [-0.2, 0) is 13.0 Å². The molecule has 0 bridgehead atoms. The minimum absolute atomic E-state index is 0.0543. The Morgan fingerprint density at radius 1 is 1.04 bits per heavy atom. The Morgan fingerprint density at radius 2 is 1.77 bits per heavy atom. The first-order chi connectivity index (χ1) is 12.6. The van der Waals surface area contributed by atoms with Crippen LogP contribution in [-0.4, -0.2) is 40.8 Å². The lowest BCUT2D eigenvalue weighted by Gasteiger charge is -2.46. The highest BCUT2D eigenvalue weighted by Gasteiger charge is 2.42. The third-order valence-corrected chi connectivity index (χ3v) is 5.96. The van der Waals surface area contributed by atoms with Gasteiger partial charge in [0.25, 0.3) is 0 Å². The summed E-state index contributed by atoms with van der Waals surface area (Å²) >= 11 is 6.22. The standard InChI is InChI=1S/C21H25ClN2O2/c22-16-7-3-4-8-18(16)26-19-10-9-17(23)20(21(19)25)24-12-11-14-5-1-2-6-15(14)13-24/h1-8,17,19-21,25H,9-13,23H2/t17-,19-,20+,21+/m1/s1. The van der Waals surface area contributed by atoms with E-state index in [-0.39, 0.29) is 18.2 Å². The summed E-state index contributed by atoms with van der Waals surface area (Å²) in [6, 6.07) is 15.8. The number of para-hydroxylation sites is 1. The largest absolute Gasteiger partial charge is 0.486 e. The number of hydrogen-bond acceptors (Lipinski definition) is 4. The van der Waals surface area contributed by atoms with Crippen molar-refractivity contribution in [2.75, 3.05) is 6.54 Å². The Kier molecular flexibility index (Phi) is 5.18. The fourth-order valence-electron chi connectivity index (χ4n) is 4.26. The summed E-state index contributed by atoms with van der Waals surface area (Å²) in [7, 11) is 0. The number of aliphatic hydroxyl groups is 1. The van der Waals surface area contributed by atoms with E-state index in [1.807, 2.05) is 18.2 Å². The maximum Gasteiger partial charge on any atom is 0.138 e. The number of rotatable bonds is 3. The second kappa shape index (κ2) is 7.57. The smallest absolute Gasteiger partial charge is 0.138 e. The first-order valence-corrected chi connectivity index (χ1v) is 9.67. The third-order valence-electron chi connectivity index (χ3n) is 5.65. The molecular formula is C21H25ClN2O2. The van der Waals surface area contributed by atoms with E-state index < -0.39 is 6.10 Å².